The maximum atomic E-state index is 13.8. The Labute approximate surface area is 106 Å². The molecular weight excluding hydrogens is 245 g/mol. The van der Waals surface area contributed by atoms with Gasteiger partial charge in [-0.1, -0.05) is 0 Å². The van der Waals surface area contributed by atoms with E-state index in [9.17, 15) is 9.18 Å². The van der Waals surface area contributed by atoms with Crippen molar-refractivity contribution in [2.75, 3.05) is 13.7 Å². The minimum absolute atomic E-state index is 0. The lowest BCUT2D eigenvalue weighted by Crippen LogP contribution is -2.29. The van der Waals surface area contributed by atoms with Gasteiger partial charge in [0, 0.05) is 6.04 Å². The number of rotatable bonds is 1. The second kappa shape index (κ2) is 5.47. The largest absolute Gasteiger partial charge is 0.465 e. The molecular formula is C12H15ClFNO2. The summed E-state index contributed by atoms with van der Waals surface area (Å²) >= 11 is 0. The maximum Gasteiger partial charge on any atom is 0.337 e. The third-order valence-electron chi connectivity index (χ3n) is 2.94. The Morgan fingerprint density at radius 2 is 2.24 bits per heavy atom. The van der Waals surface area contributed by atoms with Crippen molar-refractivity contribution < 1.29 is 13.9 Å². The van der Waals surface area contributed by atoms with Crippen molar-refractivity contribution in [2.24, 2.45) is 0 Å². The van der Waals surface area contributed by atoms with Crippen LogP contribution in [0.1, 0.15) is 34.5 Å². The van der Waals surface area contributed by atoms with Gasteiger partial charge >= 0.3 is 5.97 Å². The number of benzene rings is 1. The van der Waals surface area contributed by atoms with Gasteiger partial charge in [0.05, 0.1) is 12.7 Å². The average Bonchev–Trinajstić information content (AvgIpc) is 2.29. The lowest BCUT2D eigenvalue weighted by atomic mass is 9.93. The van der Waals surface area contributed by atoms with Crippen LogP contribution in [0.4, 0.5) is 4.39 Å². The number of hydrogen-bond donors (Lipinski definition) is 1. The molecule has 1 N–H and O–H groups in total. The normalized spacial score (nSPS) is 17.9. The highest BCUT2D eigenvalue weighted by molar-refractivity contribution is 5.89. The van der Waals surface area contributed by atoms with Gasteiger partial charge in [-0.3, -0.25) is 0 Å². The van der Waals surface area contributed by atoms with Crippen molar-refractivity contribution in [3.8, 4) is 0 Å². The van der Waals surface area contributed by atoms with Gasteiger partial charge in [0.25, 0.3) is 0 Å². The van der Waals surface area contributed by atoms with Crippen LogP contribution in [0.3, 0.4) is 0 Å². The number of nitrogens with one attached hydrogen (secondary N) is 1. The second-order valence-corrected chi connectivity index (χ2v) is 3.94. The zero-order valence-corrected chi connectivity index (χ0v) is 10.6. The monoisotopic (exact) mass is 259 g/mol. The Bertz CT molecular complexity index is 437. The number of ether oxygens (including phenoxy) is 1. The smallest absolute Gasteiger partial charge is 0.337 e. The SMILES string of the molecule is COC(=O)c1cc(F)c2c(c1)C(C)NCC2.Cl. The van der Waals surface area contributed by atoms with Crippen molar-refractivity contribution >= 4 is 18.4 Å². The second-order valence-electron chi connectivity index (χ2n) is 3.94. The number of halogens is 2. The van der Waals surface area contributed by atoms with E-state index in [1.165, 1.54) is 13.2 Å². The van der Waals surface area contributed by atoms with Gasteiger partial charge in [-0.05, 0) is 43.1 Å². The molecule has 94 valence electrons. The van der Waals surface area contributed by atoms with Gasteiger partial charge in [-0.15, -0.1) is 12.4 Å². The Kier molecular flexibility index (Phi) is 4.48. The van der Waals surface area contributed by atoms with Crippen LogP contribution in [0.5, 0.6) is 0 Å². The molecule has 1 aliphatic rings. The Morgan fingerprint density at radius 3 is 2.88 bits per heavy atom. The molecule has 0 aromatic heterocycles. The first-order chi connectivity index (χ1) is 7.63. The zero-order valence-electron chi connectivity index (χ0n) is 9.75. The molecule has 1 atom stereocenters. The summed E-state index contributed by atoms with van der Waals surface area (Å²) in [6.45, 7) is 2.72. The van der Waals surface area contributed by atoms with Crippen LogP contribution in [-0.2, 0) is 11.2 Å². The summed E-state index contributed by atoms with van der Waals surface area (Å²) in [7, 11) is 1.29. The van der Waals surface area contributed by atoms with Crippen LogP contribution in [0.15, 0.2) is 12.1 Å². The molecule has 3 nitrogen and oxygen atoms in total. The van der Waals surface area contributed by atoms with E-state index in [1.54, 1.807) is 6.07 Å². The van der Waals surface area contributed by atoms with Crippen LogP contribution >= 0.6 is 12.4 Å². The van der Waals surface area contributed by atoms with Crippen molar-refractivity contribution in [1.82, 2.24) is 5.32 Å². The molecule has 5 heteroatoms. The van der Waals surface area contributed by atoms with E-state index < -0.39 is 5.97 Å². The predicted octanol–water partition coefficient (Wildman–Crippen LogP) is 2.24. The average molecular weight is 260 g/mol. The van der Waals surface area contributed by atoms with E-state index in [0.29, 0.717) is 12.0 Å². The lowest BCUT2D eigenvalue weighted by Gasteiger charge is -2.24. The first-order valence-corrected chi connectivity index (χ1v) is 5.27. The highest BCUT2D eigenvalue weighted by Crippen LogP contribution is 2.26. The van der Waals surface area contributed by atoms with Crippen molar-refractivity contribution in [1.29, 1.82) is 0 Å². The topological polar surface area (TPSA) is 38.3 Å². The van der Waals surface area contributed by atoms with E-state index >= 15 is 0 Å². The molecule has 0 aliphatic carbocycles. The molecule has 0 radical (unpaired) electrons. The molecule has 1 aliphatic heterocycles. The Balaban J connectivity index is 0.00000144. The minimum atomic E-state index is -0.500. The summed E-state index contributed by atoms with van der Waals surface area (Å²) in [5.74, 6) is -0.814. The molecule has 0 spiro atoms. The summed E-state index contributed by atoms with van der Waals surface area (Å²) < 4.78 is 18.4. The first-order valence-electron chi connectivity index (χ1n) is 5.27. The Morgan fingerprint density at radius 1 is 1.53 bits per heavy atom. The zero-order chi connectivity index (χ0) is 11.7. The molecule has 17 heavy (non-hydrogen) atoms. The third-order valence-corrected chi connectivity index (χ3v) is 2.94. The number of carbonyl (C=O) groups is 1. The number of methoxy groups -OCH3 is 1. The fourth-order valence-corrected chi connectivity index (χ4v) is 2.07. The number of esters is 1. The molecule has 0 saturated heterocycles. The van der Waals surface area contributed by atoms with Crippen LogP contribution in [0, 0.1) is 5.82 Å². The molecule has 1 unspecified atom stereocenters. The highest BCUT2D eigenvalue weighted by atomic mass is 35.5. The summed E-state index contributed by atoms with van der Waals surface area (Å²) in [6.07, 6.45) is 0.660. The third kappa shape index (κ3) is 2.58. The van der Waals surface area contributed by atoms with Crippen LogP contribution < -0.4 is 5.32 Å². The predicted molar refractivity (Wildman–Crippen MR) is 65.1 cm³/mol. The Hall–Kier alpha value is -1.13. The van der Waals surface area contributed by atoms with E-state index in [2.05, 4.69) is 10.1 Å². The molecule has 1 heterocycles. The quantitative estimate of drug-likeness (QED) is 0.786. The van der Waals surface area contributed by atoms with Gasteiger partial charge < -0.3 is 10.1 Å². The first kappa shape index (κ1) is 13.9. The van der Waals surface area contributed by atoms with Crippen molar-refractivity contribution in [3.05, 3.63) is 34.6 Å². The van der Waals surface area contributed by atoms with E-state index in [-0.39, 0.29) is 29.8 Å². The lowest BCUT2D eigenvalue weighted by molar-refractivity contribution is 0.0600. The number of carbonyl (C=O) groups excluding carboxylic acids is 1. The van der Waals surface area contributed by atoms with Gasteiger partial charge in [0.2, 0.25) is 0 Å². The van der Waals surface area contributed by atoms with Crippen LogP contribution in [0.25, 0.3) is 0 Å². The standard InChI is InChI=1S/C12H14FNO2.ClH/c1-7-10-5-8(12(15)16-2)6-11(13)9(10)3-4-14-7;/h5-7,14H,3-4H2,1-2H3;1H. The highest BCUT2D eigenvalue weighted by Gasteiger charge is 2.21. The summed E-state index contributed by atoms with van der Waals surface area (Å²) in [4.78, 5) is 11.3. The fraction of sp³-hybridized carbons (Fsp3) is 0.417. The van der Waals surface area contributed by atoms with Crippen molar-refractivity contribution in [3.63, 3.8) is 0 Å². The van der Waals surface area contributed by atoms with Gasteiger partial charge in [0.1, 0.15) is 5.82 Å². The molecule has 2 rings (SSSR count). The number of fused-ring (bicyclic) bond motifs is 1. The van der Waals surface area contributed by atoms with E-state index in [0.717, 1.165) is 12.1 Å². The van der Waals surface area contributed by atoms with Crippen LogP contribution in [0.2, 0.25) is 0 Å². The van der Waals surface area contributed by atoms with Crippen molar-refractivity contribution in [2.45, 2.75) is 19.4 Å². The summed E-state index contributed by atoms with van der Waals surface area (Å²) in [5, 5.41) is 3.23. The van der Waals surface area contributed by atoms with Gasteiger partial charge in [-0.2, -0.15) is 0 Å². The minimum Gasteiger partial charge on any atom is -0.465 e. The molecule has 0 fully saturated rings. The van der Waals surface area contributed by atoms with Gasteiger partial charge in [-0.25, -0.2) is 9.18 Å². The molecule has 1 aromatic rings. The fourth-order valence-electron chi connectivity index (χ4n) is 2.07. The van der Waals surface area contributed by atoms with E-state index in [1.807, 2.05) is 6.92 Å². The van der Waals surface area contributed by atoms with Gasteiger partial charge in [0.15, 0.2) is 0 Å². The molecule has 0 amide bonds. The summed E-state index contributed by atoms with van der Waals surface area (Å²) in [6, 6.07) is 3.03. The van der Waals surface area contributed by atoms with E-state index in [4.69, 9.17) is 0 Å². The maximum absolute atomic E-state index is 13.8. The van der Waals surface area contributed by atoms with Crippen LogP contribution in [-0.4, -0.2) is 19.6 Å². The molecule has 1 aromatic carbocycles. The molecule has 0 saturated carbocycles. The number of hydrogen-bond acceptors (Lipinski definition) is 3. The molecule has 0 bridgehead atoms. The summed E-state index contributed by atoms with van der Waals surface area (Å²) in [5.41, 5.74) is 1.83.